The molecule has 0 atom stereocenters. The van der Waals surface area contributed by atoms with Crippen molar-refractivity contribution in [2.75, 3.05) is 0 Å². The Bertz CT molecular complexity index is 850. The molecule has 4 nitrogen and oxygen atoms in total. The van der Waals surface area contributed by atoms with Gasteiger partial charge in [0.15, 0.2) is 10.8 Å². The molecule has 1 amide bonds. The van der Waals surface area contributed by atoms with Crippen LogP contribution in [0.2, 0.25) is 0 Å². The maximum absolute atomic E-state index is 11.7. The van der Waals surface area contributed by atoms with Crippen molar-refractivity contribution in [2.45, 2.75) is 0 Å². The molecule has 0 N–H and O–H groups in total. The second-order valence-electron chi connectivity index (χ2n) is 4.49. The van der Waals surface area contributed by atoms with Gasteiger partial charge in [0.1, 0.15) is 0 Å². The van der Waals surface area contributed by atoms with E-state index in [1.807, 2.05) is 48.5 Å². The average molecular weight is 274 g/mol. The van der Waals surface area contributed by atoms with Gasteiger partial charge in [-0.1, -0.05) is 48.5 Å². The highest BCUT2D eigenvalue weighted by Gasteiger charge is 2.08. The van der Waals surface area contributed by atoms with E-state index in [4.69, 9.17) is 0 Å². The first-order valence-electron chi connectivity index (χ1n) is 6.53. The van der Waals surface area contributed by atoms with Crippen molar-refractivity contribution in [3.8, 4) is 0 Å². The van der Waals surface area contributed by atoms with E-state index in [1.54, 1.807) is 24.3 Å². The molecule has 3 aromatic rings. The van der Waals surface area contributed by atoms with Crippen LogP contribution in [0, 0.1) is 0 Å². The van der Waals surface area contributed by atoms with Gasteiger partial charge in [0.05, 0.1) is 0 Å². The number of carbonyl (C=O) groups excluding carboxylic acids is 1. The number of carbonyl (C=O) groups is 1. The summed E-state index contributed by atoms with van der Waals surface area (Å²) in [4.78, 5) is 15.4. The molecule has 21 heavy (non-hydrogen) atoms. The molecule has 0 saturated carbocycles. The predicted molar refractivity (Wildman–Crippen MR) is 81.4 cm³/mol. The molecule has 0 aliphatic rings. The van der Waals surface area contributed by atoms with Crippen molar-refractivity contribution in [3.05, 3.63) is 78.4 Å². The highest BCUT2D eigenvalue weighted by molar-refractivity contribution is 5.94. The van der Waals surface area contributed by atoms with Crippen LogP contribution < -0.4 is 4.91 Å². The zero-order valence-electron chi connectivity index (χ0n) is 11.2. The number of rotatable bonds is 2. The van der Waals surface area contributed by atoms with E-state index < -0.39 is 5.91 Å². The molecule has 0 radical (unpaired) electrons. The monoisotopic (exact) mass is 274 g/mol. The molecule has 0 aliphatic heterocycles. The first-order valence-corrected chi connectivity index (χ1v) is 6.53. The third-order valence-electron chi connectivity index (χ3n) is 3.05. The Labute approximate surface area is 121 Å². The molecule has 3 rings (SSSR count). The molecular weight excluding hydrogens is 262 g/mol. The molecule has 0 heterocycles. The first kappa shape index (κ1) is 12.9. The first-order chi connectivity index (χ1) is 10.3. The summed E-state index contributed by atoms with van der Waals surface area (Å²) >= 11 is 0. The number of amides is 1. The van der Waals surface area contributed by atoms with Crippen LogP contribution in [0.1, 0.15) is 10.4 Å². The summed E-state index contributed by atoms with van der Waals surface area (Å²) in [6, 6.07) is 22.5. The summed E-state index contributed by atoms with van der Waals surface area (Å²) in [5.41, 5.74) is 1.16. The Morgan fingerprint density at radius 1 is 0.810 bits per heavy atom. The Morgan fingerprint density at radius 2 is 1.52 bits per heavy atom. The fraction of sp³-hybridized carbons (Fsp3) is 0. The number of fused-ring (bicyclic) bond motifs is 1. The second-order valence-corrected chi connectivity index (χ2v) is 4.49. The van der Waals surface area contributed by atoms with Crippen molar-refractivity contribution < 1.29 is 4.79 Å². The molecule has 4 heteroatoms. The van der Waals surface area contributed by atoms with Gasteiger partial charge in [-0.05, 0) is 35.0 Å². The summed E-state index contributed by atoms with van der Waals surface area (Å²) in [7, 11) is 0. The minimum Gasteiger partial charge on any atom is -0.259 e. The number of nitrogens with zero attached hydrogens (tertiary/aromatic N) is 3. The summed E-state index contributed by atoms with van der Waals surface area (Å²) in [5.74, 6) is -0.403. The van der Waals surface area contributed by atoms with Gasteiger partial charge in [0.2, 0.25) is 10.0 Å². The smallest absolute Gasteiger partial charge is 0.259 e. The van der Waals surface area contributed by atoms with E-state index in [0.717, 1.165) is 10.8 Å². The Balaban J connectivity index is 1.84. The SMILES string of the molecule is O=C(N=[N+]=Nc1ccc2ccccc2c1)c1ccccc1. The molecule has 0 saturated heterocycles. The van der Waals surface area contributed by atoms with Crippen LogP contribution in [-0.2, 0) is 0 Å². The van der Waals surface area contributed by atoms with E-state index in [9.17, 15) is 4.79 Å². The zero-order valence-corrected chi connectivity index (χ0v) is 11.2. The van der Waals surface area contributed by atoms with Gasteiger partial charge < -0.3 is 0 Å². The van der Waals surface area contributed by atoms with Crippen LogP contribution in [0.25, 0.3) is 10.8 Å². The molecule has 0 unspecified atom stereocenters. The van der Waals surface area contributed by atoms with Gasteiger partial charge in [-0.15, -0.1) is 0 Å². The quantitative estimate of drug-likeness (QED) is 0.508. The lowest BCUT2D eigenvalue weighted by Gasteiger charge is -1.94. The van der Waals surface area contributed by atoms with E-state index >= 15 is 0 Å². The summed E-state index contributed by atoms with van der Waals surface area (Å²) in [6.45, 7) is 0. The predicted octanol–water partition coefficient (Wildman–Crippen LogP) is 4.28. The molecule has 100 valence electrons. The van der Waals surface area contributed by atoms with Crippen molar-refractivity contribution in [2.24, 2.45) is 10.2 Å². The van der Waals surface area contributed by atoms with E-state index in [-0.39, 0.29) is 0 Å². The highest BCUT2D eigenvalue weighted by atomic mass is 16.1. The molecule has 0 bridgehead atoms. The van der Waals surface area contributed by atoms with Crippen LogP contribution in [0.4, 0.5) is 5.69 Å². The zero-order chi connectivity index (χ0) is 14.5. The molecule has 3 aromatic carbocycles. The Hall–Kier alpha value is -3.10. The molecule has 0 spiro atoms. The van der Waals surface area contributed by atoms with Crippen LogP contribution in [-0.4, -0.2) is 5.91 Å². The molecule has 0 aromatic heterocycles. The second kappa shape index (κ2) is 5.90. The summed E-state index contributed by atoms with van der Waals surface area (Å²) < 4.78 is 0. The average Bonchev–Trinajstić information content (AvgIpc) is 2.55. The van der Waals surface area contributed by atoms with Crippen LogP contribution >= 0.6 is 0 Å². The fourth-order valence-corrected chi connectivity index (χ4v) is 1.99. The highest BCUT2D eigenvalue weighted by Crippen LogP contribution is 2.20. The van der Waals surface area contributed by atoms with Gasteiger partial charge in [-0.2, -0.15) is 0 Å². The standard InChI is InChI=1S/C17H12N3O/c21-17(14-7-2-1-3-8-14)19-20-18-16-11-10-13-6-4-5-9-15(13)12-16/h1-12H/q+1. The lowest BCUT2D eigenvalue weighted by atomic mass is 10.1. The molecule has 0 fully saturated rings. The molecule has 0 aliphatic carbocycles. The van der Waals surface area contributed by atoms with Gasteiger partial charge in [-0.25, -0.2) is 0 Å². The maximum Gasteiger partial charge on any atom is 0.360 e. The van der Waals surface area contributed by atoms with Gasteiger partial charge in [0, 0.05) is 5.56 Å². The minimum atomic E-state index is -0.403. The molecular formula is C17H12N3O+. The van der Waals surface area contributed by atoms with E-state index in [1.165, 1.54) is 0 Å². The summed E-state index contributed by atoms with van der Waals surface area (Å²) in [6.07, 6.45) is 0. The van der Waals surface area contributed by atoms with E-state index in [2.05, 4.69) is 15.1 Å². The lowest BCUT2D eigenvalue weighted by Crippen LogP contribution is -1.93. The largest absolute Gasteiger partial charge is 0.360 e. The van der Waals surface area contributed by atoms with Crippen molar-refractivity contribution in [3.63, 3.8) is 0 Å². The third-order valence-corrected chi connectivity index (χ3v) is 3.05. The van der Waals surface area contributed by atoms with Crippen molar-refractivity contribution in [1.29, 1.82) is 0 Å². The lowest BCUT2D eigenvalue weighted by molar-refractivity contribution is 0.0992. The number of benzene rings is 3. The van der Waals surface area contributed by atoms with E-state index in [0.29, 0.717) is 11.3 Å². The van der Waals surface area contributed by atoms with Gasteiger partial charge in [0.25, 0.3) is 0 Å². The number of hydrogen-bond donors (Lipinski definition) is 0. The third kappa shape index (κ3) is 3.08. The van der Waals surface area contributed by atoms with Crippen molar-refractivity contribution >= 4 is 22.4 Å². The Kier molecular flexibility index (Phi) is 3.63. The van der Waals surface area contributed by atoms with Crippen LogP contribution in [0.5, 0.6) is 0 Å². The normalized spacial score (nSPS) is 9.90. The summed E-state index contributed by atoms with van der Waals surface area (Å²) in [5, 5.41) is 9.75. The van der Waals surface area contributed by atoms with Crippen molar-refractivity contribution in [1.82, 2.24) is 4.91 Å². The van der Waals surface area contributed by atoms with Gasteiger partial charge in [-0.3, -0.25) is 4.79 Å². The topological polar surface area (TPSA) is 55.9 Å². The minimum absolute atomic E-state index is 0.403. The maximum atomic E-state index is 11.7. The van der Waals surface area contributed by atoms with Crippen LogP contribution in [0.3, 0.4) is 0 Å². The Morgan fingerprint density at radius 3 is 2.33 bits per heavy atom. The number of hydrogen-bond acceptors (Lipinski definition) is 2. The van der Waals surface area contributed by atoms with Crippen LogP contribution in [0.15, 0.2) is 83.0 Å². The fourth-order valence-electron chi connectivity index (χ4n) is 1.99. The van der Waals surface area contributed by atoms with Gasteiger partial charge >= 0.3 is 5.91 Å².